The van der Waals surface area contributed by atoms with Crippen molar-refractivity contribution in [1.82, 2.24) is 0 Å². The quantitative estimate of drug-likeness (QED) is 0.511. The third-order valence-corrected chi connectivity index (χ3v) is 1.67. The lowest BCUT2D eigenvalue weighted by Gasteiger charge is -2.05. The molecular formula is C9H18O. The minimum absolute atomic E-state index is 1.38. The summed E-state index contributed by atoms with van der Waals surface area (Å²) in [5, 5.41) is 0. The first-order chi connectivity index (χ1) is 4.91. The molecule has 0 radical (unpaired) electrons. The summed E-state index contributed by atoms with van der Waals surface area (Å²) in [5.74, 6) is 0. The van der Waals surface area contributed by atoms with Gasteiger partial charge in [-0.3, -0.25) is 0 Å². The molecule has 1 aliphatic carbocycles. The second-order valence-corrected chi connectivity index (χ2v) is 2.52. The van der Waals surface area contributed by atoms with E-state index in [4.69, 9.17) is 0 Å². The first-order valence-corrected chi connectivity index (χ1v) is 4.05. The minimum atomic E-state index is 1.38. The van der Waals surface area contributed by atoms with Crippen LogP contribution < -0.4 is 0 Å². The Morgan fingerprint density at radius 2 is 1.20 bits per heavy atom. The van der Waals surface area contributed by atoms with Crippen LogP contribution in [-0.2, 0) is 4.74 Å². The molecule has 0 spiro atoms. The van der Waals surface area contributed by atoms with Crippen LogP contribution in [0, 0.1) is 0 Å². The third-order valence-electron chi connectivity index (χ3n) is 1.67. The maximum atomic E-state index is 4.31. The van der Waals surface area contributed by atoms with E-state index in [1.54, 1.807) is 7.11 Å². The smallest absolute Gasteiger partial charge is 0.0766 e. The highest BCUT2D eigenvalue weighted by molar-refractivity contribution is 4.51. The van der Waals surface area contributed by atoms with Crippen LogP contribution in [0.2, 0.25) is 0 Å². The van der Waals surface area contributed by atoms with Crippen LogP contribution in [0.4, 0.5) is 0 Å². The molecule has 10 heavy (non-hydrogen) atoms. The van der Waals surface area contributed by atoms with E-state index >= 15 is 0 Å². The lowest BCUT2D eigenvalue weighted by atomic mass is 10.0. The molecule has 1 fully saturated rings. The van der Waals surface area contributed by atoms with Crippen molar-refractivity contribution in [3.63, 3.8) is 0 Å². The van der Waals surface area contributed by atoms with Crippen molar-refractivity contribution < 1.29 is 4.74 Å². The summed E-state index contributed by atoms with van der Waals surface area (Å²) in [6.07, 6.45) is 10.4. The topological polar surface area (TPSA) is 9.23 Å². The normalized spacial score (nSPS) is 16.5. The number of hydrogen-bond acceptors (Lipinski definition) is 1. The molecule has 0 saturated heterocycles. The van der Waals surface area contributed by atoms with Crippen molar-refractivity contribution >= 4 is 0 Å². The van der Waals surface area contributed by atoms with Crippen LogP contribution in [0.1, 0.15) is 38.5 Å². The van der Waals surface area contributed by atoms with Gasteiger partial charge in [0.2, 0.25) is 0 Å². The fourth-order valence-corrected chi connectivity index (χ4v) is 1.06. The van der Waals surface area contributed by atoms with Gasteiger partial charge in [-0.2, -0.15) is 0 Å². The summed E-state index contributed by atoms with van der Waals surface area (Å²) in [6, 6.07) is 0. The van der Waals surface area contributed by atoms with E-state index < -0.39 is 0 Å². The first kappa shape index (κ1) is 9.54. The van der Waals surface area contributed by atoms with Gasteiger partial charge in [-0.05, 0) is 0 Å². The van der Waals surface area contributed by atoms with Crippen molar-refractivity contribution in [3.8, 4) is 0 Å². The number of rotatable bonds is 1. The molecule has 1 rings (SSSR count). The molecule has 0 unspecified atom stereocenters. The number of ether oxygens (including phenoxy) is 1. The van der Waals surface area contributed by atoms with Crippen LogP contribution >= 0.6 is 0 Å². The van der Waals surface area contributed by atoms with E-state index in [2.05, 4.69) is 11.3 Å². The van der Waals surface area contributed by atoms with E-state index in [9.17, 15) is 0 Å². The second-order valence-electron chi connectivity index (χ2n) is 2.52. The lowest BCUT2D eigenvalue weighted by molar-refractivity contribution is 0.339. The Hall–Kier alpha value is -0.460. The van der Waals surface area contributed by atoms with Gasteiger partial charge in [-0.1, -0.05) is 45.1 Å². The fourth-order valence-electron chi connectivity index (χ4n) is 1.06. The van der Waals surface area contributed by atoms with Gasteiger partial charge in [0.1, 0.15) is 0 Å². The first-order valence-electron chi connectivity index (χ1n) is 4.05. The summed E-state index contributed by atoms with van der Waals surface area (Å²) >= 11 is 0. The van der Waals surface area contributed by atoms with Gasteiger partial charge in [-0.15, -0.1) is 0 Å². The second kappa shape index (κ2) is 8.54. The van der Waals surface area contributed by atoms with Crippen molar-refractivity contribution in [2.24, 2.45) is 0 Å². The zero-order chi connectivity index (χ0) is 7.66. The molecule has 1 aliphatic rings. The van der Waals surface area contributed by atoms with Crippen LogP contribution in [0.25, 0.3) is 0 Å². The predicted molar refractivity (Wildman–Crippen MR) is 44.9 cm³/mol. The maximum Gasteiger partial charge on any atom is 0.0766 e. The van der Waals surface area contributed by atoms with Gasteiger partial charge < -0.3 is 4.74 Å². The van der Waals surface area contributed by atoms with E-state index in [-0.39, 0.29) is 0 Å². The molecule has 0 aromatic heterocycles. The molecule has 0 aliphatic heterocycles. The zero-order valence-electron chi connectivity index (χ0n) is 6.94. The molecule has 0 amide bonds. The van der Waals surface area contributed by atoms with Crippen LogP contribution in [0.5, 0.6) is 0 Å². The summed E-state index contributed by atoms with van der Waals surface area (Å²) in [4.78, 5) is 0. The average molecular weight is 142 g/mol. The molecule has 1 heteroatoms. The number of methoxy groups -OCH3 is 1. The van der Waals surface area contributed by atoms with Crippen molar-refractivity contribution in [2.45, 2.75) is 38.5 Å². The third kappa shape index (κ3) is 7.54. The van der Waals surface area contributed by atoms with Crippen LogP contribution in [0.3, 0.4) is 0 Å². The van der Waals surface area contributed by atoms with Crippen LogP contribution in [-0.4, -0.2) is 7.11 Å². The van der Waals surface area contributed by atoms with Crippen molar-refractivity contribution in [3.05, 3.63) is 12.8 Å². The van der Waals surface area contributed by atoms with Crippen LogP contribution in [0.15, 0.2) is 12.8 Å². The Morgan fingerprint density at radius 3 is 1.30 bits per heavy atom. The average Bonchev–Trinajstić information content (AvgIpc) is 2.08. The highest BCUT2D eigenvalue weighted by Crippen LogP contribution is 2.15. The van der Waals surface area contributed by atoms with Gasteiger partial charge in [0, 0.05) is 0 Å². The molecule has 60 valence electrons. The molecule has 0 aromatic carbocycles. The lowest BCUT2D eigenvalue weighted by Crippen LogP contribution is -1.85. The van der Waals surface area contributed by atoms with Gasteiger partial charge in [0.15, 0.2) is 0 Å². The SMILES string of the molecule is C1CCCCC1.C=COC. The Bertz CT molecular complexity index is 53.6. The summed E-state index contributed by atoms with van der Waals surface area (Å²) in [7, 11) is 1.56. The monoisotopic (exact) mass is 142 g/mol. The summed E-state index contributed by atoms with van der Waals surface area (Å²) in [6.45, 7) is 3.26. The predicted octanol–water partition coefficient (Wildman–Crippen LogP) is 3.12. The summed E-state index contributed by atoms with van der Waals surface area (Å²) in [5.41, 5.74) is 0. The molecule has 0 heterocycles. The molecular weight excluding hydrogens is 124 g/mol. The molecule has 1 saturated carbocycles. The molecule has 0 aromatic rings. The van der Waals surface area contributed by atoms with E-state index in [0.29, 0.717) is 0 Å². The maximum absolute atomic E-state index is 4.31. The van der Waals surface area contributed by atoms with Gasteiger partial charge >= 0.3 is 0 Å². The standard InChI is InChI=1S/C6H12.C3H6O/c1-2-4-6-5-3-1;1-3-4-2/h1-6H2;3H,1H2,2H3. The summed E-state index contributed by atoms with van der Waals surface area (Å²) < 4.78 is 4.31. The fraction of sp³-hybridized carbons (Fsp3) is 0.778. The Morgan fingerprint density at radius 1 is 1.00 bits per heavy atom. The van der Waals surface area contributed by atoms with E-state index in [0.717, 1.165) is 0 Å². The van der Waals surface area contributed by atoms with Crippen molar-refractivity contribution in [1.29, 1.82) is 0 Å². The van der Waals surface area contributed by atoms with Gasteiger partial charge in [0.05, 0.1) is 13.4 Å². The molecule has 1 nitrogen and oxygen atoms in total. The Balaban J connectivity index is 0.000000180. The largest absolute Gasteiger partial charge is 0.505 e. The Kier molecular flexibility index (Phi) is 8.15. The zero-order valence-corrected chi connectivity index (χ0v) is 6.94. The van der Waals surface area contributed by atoms with E-state index in [1.807, 2.05) is 0 Å². The van der Waals surface area contributed by atoms with E-state index in [1.165, 1.54) is 44.8 Å². The minimum Gasteiger partial charge on any atom is -0.505 e. The van der Waals surface area contributed by atoms with Gasteiger partial charge in [0.25, 0.3) is 0 Å². The van der Waals surface area contributed by atoms with Crippen molar-refractivity contribution in [2.75, 3.05) is 7.11 Å². The van der Waals surface area contributed by atoms with Gasteiger partial charge in [-0.25, -0.2) is 0 Å². The Labute approximate surface area is 64.1 Å². The highest BCUT2D eigenvalue weighted by atomic mass is 16.5. The molecule has 0 atom stereocenters. The number of hydrogen-bond donors (Lipinski definition) is 0. The highest BCUT2D eigenvalue weighted by Gasteiger charge is 1.95. The molecule has 0 bridgehead atoms. The molecule has 0 N–H and O–H groups in total.